The van der Waals surface area contributed by atoms with E-state index in [-0.39, 0.29) is 5.97 Å². The normalized spacial score (nSPS) is 11.0. The van der Waals surface area contributed by atoms with Crippen LogP contribution in [0, 0.1) is 6.92 Å². The Morgan fingerprint density at radius 3 is 2.79 bits per heavy atom. The van der Waals surface area contributed by atoms with Crippen LogP contribution in [-0.2, 0) is 11.2 Å². The van der Waals surface area contributed by atoms with E-state index in [1.807, 2.05) is 31.2 Å². The highest BCUT2D eigenvalue weighted by molar-refractivity contribution is 7.20. The van der Waals surface area contributed by atoms with Crippen molar-refractivity contribution >= 4 is 50.7 Å². The van der Waals surface area contributed by atoms with E-state index in [0.717, 1.165) is 11.1 Å². The minimum absolute atomic E-state index is 0.325. The zero-order valence-electron chi connectivity index (χ0n) is 13.1. The number of rotatable bonds is 4. The summed E-state index contributed by atoms with van der Waals surface area (Å²) in [4.78, 5) is 22.2. The monoisotopic (exact) mass is 380 g/mol. The quantitative estimate of drug-likeness (QED) is 0.468. The summed E-state index contributed by atoms with van der Waals surface area (Å²) in [6, 6.07) is 7.52. The zero-order chi connectivity index (χ0) is 17.3. The van der Waals surface area contributed by atoms with Gasteiger partial charge in [0.05, 0.1) is 12.0 Å². The summed E-state index contributed by atoms with van der Waals surface area (Å²) in [7, 11) is 0. The number of aromatic nitrogens is 2. The molecule has 0 radical (unpaired) electrons. The standard InChI is InChI=1S/C17H14Cl2N2O2S/c1-3-23-17(22)14-9(2)13-15(19)20-12(21-16(13)24-14)8-10-5-4-6-11(18)7-10/h4-7H,3,8H2,1-2H3. The molecule has 0 spiro atoms. The van der Waals surface area contributed by atoms with Gasteiger partial charge in [-0.1, -0.05) is 35.3 Å². The summed E-state index contributed by atoms with van der Waals surface area (Å²) in [6.07, 6.45) is 0.516. The number of halogens is 2. The van der Waals surface area contributed by atoms with Gasteiger partial charge in [-0.15, -0.1) is 11.3 Å². The third-order valence-electron chi connectivity index (χ3n) is 3.50. The van der Waals surface area contributed by atoms with Crippen LogP contribution in [0.4, 0.5) is 0 Å². The molecule has 2 heterocycles. The van der Waals surface area contributed by atoms with E-state index >= 15 is 0 Å². The smallest absolute Gasteiger partial charge is 0.348 e. The fourth-order valence-electron chi connectivity index (χ4n) is 2.43. The van der Waals surface area contributed by atoms with Crippen molar-refractivity contribution in [3.8, 4) is 0 Å². The van der Waals surface area contributed by atoms with Crippen LogP contribution in [0.25, 0.3) is 10.2 Å². The van der Waals surface area contributed by atoms with Crippen LogP contribution in [0.1, 0.15) is 33.5 Å². The first-order chi connectivity index (χ1) is 11.5. The second-order valence-corrected chi connectivity index (χ2v) is 6.99. The fourth-order valence-corrected chi connectivity index (χ4v) is 4.12. The van der Waals surface area contributed by atoms with Crippen LogP contribution >= 0.6 is 34.5 Å². The number of carbonyl (C=O) groups is 1. The summed E-state index contributed by atoms with van der Waals surface area (Å²) in [5, 5.41) is 1.72. The van der Waals surface area contributed by atoms with Gasteiger partial charge < -0.3 is 4.74 Å². The van der Waals surface area contributed by atoms with E-state index in [1.54, 1.807) is 6.92 Å². The first-order valence-electron chi connectivity index (χ1n) is 7.36. The molecule has 3 aromatic rings. The highest BCUT2D eigenvalue weighted by atomic mass is 35.5. The van der Waals surface area contributed by atoms with E-state index in [9.17, 15) is 4.79 Å². The van der Waals surface area contributed by atoms with Gasteiger partial charge in [-0.3, -0.25) is 0 Å². The summed E-state index contributed by atoms with van der Waals surface area (Å²) in [5.41, 5.74) is 1.75. The minimum atomic E-state index is -0.356. The van der Waals surface area contributed by atoms with Gasteiger partial charge in [0.15, 0.2) is 0 Å². The first kappa shape index (κ1) is 17.1. The van der Waals surface area contributed by atoms with Crippen molar-refractivity contribution in [2.45, 2.75) is 20.3 Å². The molecule has 0 saturated heterocycles. The van der Waals surface area contributed by atoms with Crippen molar-refractivity contribution in [2.24, 2.45) is 0 Å². The predicted molar refractivity (Wildman–Crippen MR) is 97.4 cm³/mol. The number of benzene rings is 1. The lowest BCUT2D eigenvalue weighted by Gasteiger charge is -2.03. The maximum atomic E-state index is 12.0. The molecule has 0 unspecified atom stereocenters. The molecule has 0 amide bonds. The molecule has 0 saturated carbocycles. The van der Waals surface area contributed by atoms with E-state index < -0.39 is 0 Å². The molecule has 0 aliphatic carbocycles. The number of carbonyl (C=O) groups excluding carboxylic acids is 1. The summed E-state index contributed by atoms with van der Waals surface area (Å²) in [5.74, 6) is 0.233. The Morgan fingerprint density at radius 2 is 2.08 bits per heavy atom. The van der Waals surface area contributed by atoms with E-state index in [2.05, 4.69) is 9.97 Å². The van der Waals surface area contributed by atoms with Gasteiger partial charge in [0, 0.05) is 11.4 Å². The van der Waals surface area contributed by atoms with Gasteiger partial charge >= 0.3 is 5.97 Å². The van der Waals surface area contributed by atoms with Crippen LogP contribution in [0.2, 0.25) is 10.2 Å². The average molecular weight is 381 g/mol. The first-order valence-corrected chi connectivity index (χ1v) is 8.94. The van der Waals surface area contributed by atoms with Crippen molar-refractivity contribution in [2.75, 3.05) is 6.61 Å². The van der Waals surface area contributed by atoms with Gasteiger partial charge in [-0.2, -0.15) is 0 Å². The number of aryl methyl sites for hydroxylation is 1. The largest absolute Gasteiger partial charge is 0.462 e. The number of ether oxygens (including phenoxy) is 1. The van der Waals surface area contributed by atoms with Crippen molar-refractivity contribution in [1.29, 1.82) is 0 Å². The maximum Gasteiger partial charge on any atom is 0.348 e. The second kappa shape index (κ2) is 7.05. The molecule has 1 aromatic carbocycles. The lowest BCUT2D eigenvalue weighted by molar-refractivity contribution is 0.0531. The van der Waals surface area contributed by atoms with Crippen molar-refractivity contribution in [1.82, 2.24) is 9.97 Å². The molecule has 7 heteroatoms. The van der Waals surface area contributed by atoms with E-state index in [1.165, 1.54) is 11.3 Å². The number of fused-ring (bicyclic) bond motifs is 1. The van der Waals surface area contributed by atoms with Gasteiger partial charge in [-0.25, -0.2) is 14.8 Å². The number of hydrogen-bond acceptors (Lipinski definition) is 5. The van der Waals surface area contributed by atoms with Crippen LogP contribution in [0.3, 0.4) is 0 Å². The average Bonchev–Trinajstić information content (AvgIpc) is 2.85. The van der Waals surface area contributed by atoms with Crippen LogP contribution in [-0.4, -0.2) is 22.5 Å². The lowest BCUT2D eigenvalue weighted by atomic mass is 10.1. The van der Waals surface area contributed by atoms with E-state index in [4.69, 9.17) is 27.9 Å². The zero-order valence-corrected chi connectivity index (χ0v) is 15.4. The van der Waals surface area contributed by atoms with Crippen molar-refractivity contribution < 1.29 is 9.53 Å². The van der Waals surface area contributed by atoms with Crippen molar-refractivity contribution in [3.63, 3.8) is 0 Å². The molecule has 0 fully saturated rings. The maximum absolute atomic E-state index is 12.0. The Morgan fingerprint density at radius 1 is 1.29 bits per heavy atom. The van der Waals surface area contributed by atoms with Crippen molar-refractivity contribution in [3.05, 3.63) is 56.3 Å². The molecule has 0 N–H and O–H groups in total. The Balaban J connectivity index is 2.02. The van der Waals surface area contributed by atoms with Gasteiger partial charge in [0.25, 0.3) is 0 Å². The number of esters is 1. The lowest BCUT2D eigenvalue weighted by Crippen LogP contribution is -2.03. The van der Waals surface area contributed by atoms with Crippen LogP contribution in [0.5, 0.6) is 0 Å². The highest BCUT2D eigenvalue weighted by Gasteiger charge is 2.20. The SMILES string of the molecule is CCOC(=O)c1sc2nc(Cc3cccc(Cl)c3)nc(Cl)c2c1C. The van der Waals surface area contributed by atoms with Crippen LogP contribution < -0.4 is 0 Å². The molecule has 0 aliphatic heterocycles. The molecular formula is C17H14Cl2N2O2S. The molecule has 3 rings (SSSR count). The molecule has 4 nitrogen and oxygen atoms in total. The third kappa shape index (κ3) is 3.38. The molecule has 0 aliphatic rings. The number of nitrogens with zero attached hydrogens (tertiary/aromatic N) is 2. The summed E-state index contributed by atoms with van der Waals surface area (Å²) >= 11 is 13.6. The molecular weight excluding hydrogens is 367 g/mol. The Kier molecular flexibility index (Phi) is 5.04. The van der Waals surface area contributed by atoms with E-state index in [0.29, 0.717) is 44.1 Å². The second-order valence-electron chi connectivity index (χ2n) is 5.19. The number of thiophene rings is 1. The van der Waals surface area contributed by atoms with Crippen LogP contribution in [0.15, 0.2) is 24.3 Å². The Labute approximate surface area is 153 Å². The topological polar surface area (TPSA) is 52.1 Å². The third-order valence-corrected chi connectivity index (χ3v) is 5.18. The van der Waals surface area contributed by atoms with Gasteiger partial charge in [0.2, 0.25) is 0 Å². The fraction of sp³-hybridized carbons (Fsp3) is 0.235. The molecule has 124 valence electrons. The molecule has 0 atom stereocenters. The summed E-state index contributed by atoms with van der Waals surface area (Å²) < 4.78 is 5.08. The molecule has 24 heavy (non-hydrogen) atoms. The van der Waals surface area contributed by atoms with Gasteiger partial charge in [0.1, 0.15) is 20.7 Å². The molecule has 2 aromatic heterocycles. The molecule has 0 bridgehead atoms. The number of hydrogen-bond donors (Lipinski definition) is 0. The highest BCUT2D eigenvalue weighted by Crippen LogP contribution is 2.34. The Hall–Kier alpha value is -1.69. The Bertz CT molecular complexity index is 924. The minimum Gasteiger partial charge on any atom is -0.462 e. The summed E-state index contributed by atoms with van der Waals surface area (Å²) in [6.45, 7) is 3.93. The predicted octanol–water partition coefficient (Wildman–Crippen LogP) is 5.07. The van der Waals surface area contributed by atoms with Gasteiger partial charge in [-0.05, 0) is 37.1 Å².